The maximum atomic E-state index is 13.2. The number of phenolic OH excluding ortho intramolecular Hbond substituents is 2. The Labute approximate surface area is 206 Å². The number of hydrogen-bond donors (Lipinski definition) is 2. The van der Waals surface area contributed by atoms with E-state index in [2.05, 4.69) is 31.2 Å². The Hall–Kier alpha value is -3.40. The molecule has 0 heterocycles. The zero-order valence-electron chi connectivity index (χ0n) is 20.2. The summed E-state index contributed by atoms with van der Waals surface area (Å²) in [6, 6.07) is 16.3. The zero-order valence-corrected chi connectivity index (χ0v) is 20.2. The van der Waals surface area contributed by atoms with Gasteiger partial charge >= 0.3 is 0 Å². The van der Waals surface area contributed by atoms with Gasteiger partial charge in [-0.25, -0.2) is 0 Å². The summed E-state index contributed by atoms with van der Waals surface area (Å²) in [4.78, 5) is 26.1. The van der Waals surface area contributed by atoms with Crippen LogP contribution in [0.5, 0.6) is 11.5 Å². The topological polar surface area (TPSA) is 74.6 Å². The van der Waals surface area contributed by atoms with Crippen LogP contribution in [-0.2, 0) is 0 Å². The quantitative estimate of drug-likeness (QED) is 0.228. The number of phenols is 2. The number of hydrogen-bond acceptors (Lipinski definition) is 4. The van der Waals surface area contributed by atoms with E-state index in [1.807, 2.05) is 6.07 Å². The number of fused-ring (bicyclic) bond motifs is 2. The van der Waals surface area contributed by atoms with Gasteiger partial charge in [0.05, 0.1) is 11.1 Å². The van der Waals surface area contributed by atoms with Crippen LogP contribution in [0.25, 0.3) is 11.1 Å². The molecule has 35 heavy (non-hydrogen) atoms. The van der Waals surface area contributed by atoms with Crippen molar-refractivity contribution in [2.45, 2.75) is 64.2 Å². The normalized spacial score (nSPS) is 19.3. The summed E-state index contributed by atoms with van der Waals surface area (Å²) >= 11 is 0. The molecule has 0 saturated heterocycles. The average molecular weight is 469 g/mol. The van der Waals surface area contributed by atoms with Crippen LogP contribution in [-0.4, -0.2) is 21.8 Å². The first-order valence-corrected chi connectivity index (χ1v) is 12.9. The van der Waals surface area contributed by atoms with Crippen molar-refractivity contribution < 1.29 is 19.8 Å². The van der Waals surface area contributed by atoms with Crippen molar-refractivity contribution in [2.75, 3.05) is 0 Å². The summed E-state index contributed by atoms with van der Waals surface area (Å²) in [6.45, 7) is 2.26. The van der Waals surface area contributed by atoms with Crippen LogP contribution < -0.4 is 0 Å². The van der Waals surface area contributed by atoms with Gasteiger partial charge in [-0.1, -0.05) is 62.9 Å². The van der Waals surface area contributed by atoms with Crippen molar-refractivity contribution in [1.29, 1.82) is 0 Å². The molecule has 3 aromatic rings. The number of benzene rings is 3. The Morgan fingerprint density at radius 1 is 0.714 bits per heavy atom. The first-order valence-electron chi connectivity index (χ1n) is 12.9. The Morgan fingerprint density at radius 3 is 1.94 bits per heavy atom. The summed E-state index contributed by atoms with van der Waals surface area (Å²) in [6.07, 6.45) is 10.5. The third-order valence-electron chi connectivity index (χ3n) is 7.90. The van der Waals surface area contributed by atoms with Gasteiger partial charge < -0.3 is 10.2 Å². The van der Waals surface area contributed by atoms with Crippen LogP contribution in [0.1, 0.15) is 102 Å². The van der Waals surface area contributed by atoms with E-state index in [9.17, 15) is 19.8 Å². The molecule has 2 aliphatic carbocycles. The van der Waals surface area contributed by atoms with Crippen molar-refractivity contribution in [3.8, 4) is 22.6 Å². The Morgan fingerprint density at radius 2 is 1.31 bits per heavy atom. The maximum Gasteiger partial charge on any atom is 0.198 e. The van der Waals surface area contributed by atoms with Gasteiger partial charge in [0.1, 0.15) is 11.5 Å². The minimum absolute atomic E-state index is 0.125. The number of carbonyl (C=O) groups excluding carboxylic acids is 2. The van der Waals surface area contributed by atoms with E-state index in [1.54, 1.807) is 12.1 Å². The van der Waals surface area contributed by atoms with Crippen molar-refractivity contribution in [3.63, 3.8) is 0 Å². The lowest BCUT2D eigenvalue weighted by Crippen LogP contribution is -2.21. The van der Waals surface area contributed by atoms with Gasteiger partial charge in [0, 0.05) is 11.1 Å². The largest absolute Gasteiger partial charge is 0.507 e. The van der Waals surface area contributed by atoms with Crippen molar-refractivity contribution in [2.24, 2.45) is 5.92 Å². The summed E-state index contributed by atoms with van der Waals surface area (Å²) in [5.41, 5.74) is 3.46. The maximum absolute atomic E-state index is 13.2. The Bertz CT molecular complexity index is 1260. The minimum atomic E-state index is -0.449. The van der Waals surface area contributed by atoms with E-state index in [0.717, 1.165) is 17.0 Å². The van der Waals surface area contributed by atoms with Gasteiger partial charge in [-0.15, -0.1) is 0 Å². The van der Waals surface area contributed by atoms with E-state index in [1.165, 1.54) is 69.1 Å². The molecule has 2 N–H and O–H groups in total. The Kier molecular flexibility index (Phi) is 6.46. The number of ketones is 2. The monoisotopic (exact) mass is 468 g/mol. The van der Waals surface area contributed by atoms with Crippen LogP contribution in [0.4, 0.5) is 0 Å². The lowest BCUT2D eigenvalue weighted by atomic mass is 9.77. The molecule has 0 aromatic heterocycles. The second-order valence-electron chi connectivity index (χ2n) is 10.1. The highest BCUT2D eigenvalue weighted by Crippen LogP contribution is 2.40. The van der Waals surface area contributed by atoms with E-state index in [-0.39, 0.29) is 33.8 Å². The fraction of sp³-hybridized carbons (Fsp3) is 0.355. The van der Waals surface area contributed by atoms with Gasteiger partial charge in [0.2, 0.25) is 0 Å². The molecule has 4 heteroatoms. The SMILES string of the molecule is CCCCC[C@H]1CC[C@H](c2ccc(-c3ccc4c(c3)C(=O)c3c(O)ccc(O)c3C4=O)cc2)CC1. The van der Waals surface area contributed by atoms with Crippen LogP contribution >= 0.6 is 0 Å². The molecular weight excluding hydrogens is 436 g/mol. The summed E-state index contributed by atoms with van der Waals surface area (Å²) in [5.74, 6) is 0.0149. The smallest absolute Gasteiger partial charge is 0.198 e. The molecule has 1 fully saturated rings. The van der Waals surface area contributed by atoms with E-state index in [4.69, 9.17) is 0 Å². The highest BCUT2D eigenvalue weighted by molar-refractivity contribution is 6.30. The fourth-order valence-corrected chi connectivity index (χ4v) is 5.83. The molecule has 180 valence electrons. The lowest BCUT2D eigenvalue weighted by molar-refractivity contribution is 0.0974. The van der Waals surface area contributed by atoms with Gasteiger partial charge in [-0.3, -0.25) is 9.59 Å². The molecule has 0 bridgehead atoms. The molecular formula is C31H32O4. The highest BCUT2D eigenvalue weighted by Gasteiger charge is 2.34. The minimum Gasteiger partial charge on any atom is -0.507 e. The molecule has 4 nitrogen and oxygen atoms in total. The fourth-order valence-electron chi connectivity index (χ4n) is 5.83. The zero-order chi connectivity index (χ0) is 24.5. The van der Waals surface area contributed by atoms with Crippen molar-refractivity contribution in [1.82, 2.24) is 0 Å². The molecule has 1 saturated carbocycles. The van der Waals surface area contributed by atoms with Gasteiger partial charge in [0.25, 0.3) is 0 Å². The third-order valence-corrected chi connectivity index (χ3v) is 7.90. The third kappa shape index (κ3) is 4.38. The molecule has 0 radical (unpaired) electrons. The number of unbranched alkanes of at least 4 members (excludes halogenated alkanes) is 2. The number of aromatic hydroxyl groups is 2. The molecule has 3 aromatic carbocycles. The number of carbonyl (C=O) groups is 2. The Balaban J connectivity index is 1.34. The summed E-state index contributed by atoms with van der Waals surface area (Å²) in [7, 11) is 0. The molecule has 0 atom stereocenters. The van der Waals surface area contributed by atoms with Crippen LogP contribution in [0, 0.1) is 5.92 Å². The predicted molar refractivity (Wildman–Crippen MR) is 137 cm³/mol. The molecule has 5 rings (SSSR count). The second-order valence-corrected chi connectivity index (χ2v) is 10.1. The lowest BCUT2D eigenvalue weighted by Gasteiger charge is -2.29. The van der Waals surface area contributed by atoms with Crippen molar-refractivity contribution in [3.05, 3.63) is 82.4 Å². The first-order chi connectivity index (χ1) is 17.0. The molecule has 2 aliphatic rings. The molecule has 0 spiro atoms. The van der Waals surface area contributed by atoms with Crippen LogP contribution in [0.3, 0.4) is 0 Å². The van der Waals surface area contributed by atoms with Crippen LogP contribution in [0.2, 0.25) is 0 Å². The number of rotatable bonds is 6. The standard InChI is InChI=1S/C31H32O4/c1-2-3-4-5-19-6-8-20(9-7-19)21-10-12-22(13-11-21)23-14-15-24-25(18-23)31(35)29-27(33)17-16-26(32)28(29)30(24)34/h10-20,32-33H,2-9H2,1H3/t19-,20-. The molecule has 0 unspecified atom stereocenters. The average Bonchev–Trinajstić information content (AvgIpc) is 2.89. The predicted octanol–water partition coefficient (Wildman–Crippen LogP) is 7.39. The highest BCUT2D eigenvalue weighted by atomic mass is 16.3. The second kappa shape index (κ2) is 9.69. The van der Waals surface area contributed by atoms with Gasteiger partial charge in [-0.2, -0.15) is 0 Å². The van der Waals surface area contributed by atoms with E-state index in [0.29, 0.717) is 5.92 Å². The van der Waals surface area contributed by atoms with E-state index < -0.39 is 11.6 Å². The molecule has 0 aliphatic heterocycles. The van der Waals surface area contributed by atoms with E-state index >= 15 is 0 Å². The van der Waals surface area contributed by atoms with Crippen molar-refractivity contribution >= 4 is 11.6 Å². The van der Waals surface area contributed by atoms with Crippen LogP contribution in [0.15, 0.2) is 54.6 Å². The molecule has 0 amide bonds. The summed E-state index contributed by atoms with van der Waals surface area (Å²) in [5, 5.41) is 20.4. The first kappa shape index (κ1) is 23.3. The summed E-state index contributed by atoms with van der Waals surface area (Å²) < 4.78 is 0. The van der Waals surface area contributed by atoms with Gasteiger partial charge in [0.15, 0.2) is 11.6 Å². The van der Waals surface area contributed by atoms with Gasteiger partial charge in [-0.05, 0) is 78.5 Å².